The van der Waals surface area contributed by atoms with E-state index in [-0.39, 0.29) is 0 Å². The lowest BCUT2D eigenvalue weighted by molar-refractivity contribution is -0.422. The van der Waals surface area contributed by atoms with Gasteiger partial charge in [0.25, 0.3) is 0 Å². The highest BCUT2D eigenvalue weighted by Crippen LogP contribution is 2.32. The summed E-state index contributed by atoms with van der Waals surface area (Å²) in [6.45, 7) is 9.13. The average Bonchev–Trinajstić information content (AvgIpc) is 2.53. The van der Waals surface area contributed by atoms with Crippen LogP contribution in [0.1, 0.15) is 44.0 Å². The normalized spacial score (nSPS) is 12.6. The van der Waals surface area contributed by atoms with E-state index in [4.69, 9.17) is 4.74 Å². The van der Waals surface area contributed by atoms with Gasteiger partial charge >= 0.3 is 17.3 Å². The first kappa shape index (κ1) is 20.0. The minimum Gasteiger partial charge on any atom is -0.451 e. The second kappa shape index (κ2) is 8.18. The third-order valence-corrected chi connectivity index (χ3v) is 3.56. The van der Waals surface area contributed by atoms with E-state index in [0.29, 0.717) is 12.8 Å². The number of nitro groups is 2. The van der Waals surface area contributed by atoms with Gasteiger partial charge in [0.2, 0.25) is 0 Å². The largest absolute Gasteiger partial charge is 0.451 e. The van der Waals surface area contributed by atoms with Crippen LogP contribution in [-0.2, 0) is 4.74 Å². The molecule has 1 atom stereocenters. The molecule has 1 aromatic rings. The van der Waals surface area contributed by atoms with Crippen molar-refractivity contribution in [2.24, 2.45) is 0 Å². The zero-order valence-electron chi connectivity index (χ0n) is 14.4. The first-order valence-corrected chi connectivity index (χ1v) is 7.53. The topological polar surface area (TPSA) is 113 Å². The van der Waals surface area contributed by atoms with Gasteiger partial charge in [-0.05, 0) is 45.8 Å². The molecule has 0 aromatic heterocycles. The van der Waals surface area contributed by atoms with Crippen LogP contribution >= 0.6 is 0 Å². The summed E-state index contributed by atoms with van der Waals surface area (Å²) in [5.41, 5.74) is -2.05. The molecular weight excluding hydrogens is 328 g/mol. The molecule has 8 heteroatoms. The average molecular weight is 348 g/mol. The third kappa shape index (κ3) is 5.23. The van der Waals surface area contributed by atoms with Gasteiger partial charge in [-0.25, -0.2) is 4.79 Å². The molecule has 0 heterocycles. The molecule has 0 radical (unpaired) electrons. The highest BCUT2D eigenvalue weighted by atomic mass is 16.6. The van der Waals surface area contributed by atoms with Gasteiger partial charge in [0.1, 0.15) is 11.2 Å². The number of carbonyl (C=O) groups excluding carboxylic acids is 1. The summed E-state index contributed by atoms with van der Waals surface area (Å²) in [6.07, 6.45) is 4.45. The molecule has 0 saturated carbocycles. The fourth-order valence-electron chi connectivity index (χ4n) is 2.14. The van der Waals surface area contributed by atoms with Crippen molar-refractivity contribution in [1.29, 1.82) is 0 Å². The number of esters is 1. The summed E-state index contributed by atoms with van der Waals surface area (Å²) in [5.74, 6) is -1.00. The third-order valence-electron chi connectivity index (χ3n) is 3.56. The highest BCUT2D eigenvalue weighted by molar-refractivity contribution is 5.96. The fourth-order valence-corrected chi connectivity index (χ4v) is 2.14. The molecule has 0 N–H and O–H groups in total. The monoisotopic (exact) mass is 348 g/mol. The number of hydrogen-bond donors (Lipinski definition) is 0. The smallest absolute Gasteiger partial charge is 0.360 e. The minimum absolute atomic E-state index is 0.427. The van der Waals surface area contributed by atoms with E-state index in [9.17, 15) is 25.0 Å². The number of benzene rings is 1. The lowest BCUT2D eigenvalue weighted by Crippen LogP contribution is -2.29. The van der Waals surface area contributed by atoms with Crippen LogP contribution in [0.15, 0.2) is 42.5 Å². The van der Waals surface area contributed by atoms with Gasteiger partial charge in [-0.3, -0.25) is 20.2 Å². The Balaban J connectivity index is 3.16. The van der Waals surface area contributed by atoms with Crippen molar-refractivity contribution in [2.45, 2.75) is 39.2 Å². The number of nitrogens with zero attached hydrogens (tertiary/aromatic N) is 2. The van der Waals surface area contributed by atoms with Gasteiger partial charge in [-0.15, -0.1) is 0 Å². The van der Waals surface area contributed by atoms with Crippen molar-refractivity contribution in [3.05, 3.63) is 68.3 Å². The van der Waals surface area contributed by atoms with E-state index in [0.717, 1.165) is 17.7 Å². The van der Waals surface area contributed by atoms with Gasteiger partial charge in [0.05, 0.1) is 9.85 Å². The maximum absolute atomic E-state index is 12.4. The first-order chi connectivity index (χ1) is 11.6. The van der Waals surface area contributed by atoms with Crippen molar-refractivity contribution < 1.29 is 19.4 Å². The van der Waals surface area contributed by atoms with Crippen molar-refractivity contribution >= 4 is 17.3 Å². The van der Waals surface area contributed by atoms with Gasteiger partial charge in [-0.2, -0.15) is 0 Å². The molecular formula is C17H20N2O6. The standard InChI is InChI=1S/C17H20N2O6/c1-5-17(4,11-7-8-12(2)3)25-16(20)13-9-6-10-14(18(21)22)15(13)19(23)24/h5-6,8-10H,1,7,11H2,2-4H3/t17-/m1/s1. The van der Waals surface area contributed by atoms with E-state index in [1.54, 1.807) is 6.92 Å². The second-order valence-electron chi connectivity index (χ2n) is 5.91. The molecule has 0 aliphatic carbocycles. The molecule has 0 spiro atoms. The Hall–Kier alpha value is -3.03. The quantitative estimate of drug-likeness (QED) is 0.299. The fraction of sp³-hybridized carbons (Fsp3) is 0.353. The first-order valence-electron chi connectivity index (χ1n) is 7.53. The molecule has 0 fully saturated rings. The zero-order valence-corrected chi connectivity index (χ0v) is 14.4. The summed E-state index contributed by atoms with van der Waals surface area (Å²) in [6, 6.07) is 3.31. The van der Waals surface area contributed by atoms with Crippen LogP contribution in [0.2, 0.25) is 0 Å². The SMILES string of the molecule is C=C[C@](C)(CCC=C(C)C)OC(=O)c1cccc([N+](=O)[O-])c1[N+](=O)[O-]. The lowest BCUT2D eigenvalue weighted by Gasteiger charge is -2.25. The molecule has 0 saturated heterocycles. The number of ether oxygens (including phenoxy) is 1. The van der Waals surface area contributed by atoms with Crippen LogP contribution in [0.4, 0.5) is 11.4 Å². The molecule has 0 unspecified atom stereocenters. The summed E-state index contributed by atoms with van der Waals surface area (Å²) >= 11 is 0. The molecule has 25 heavy (non-hydrogen) atoms. The Bertz CT molecular complexity index is 737. The highest BCUT2D eigenvalue weighted by Gasteiger charge is 2.35. The zero-order chi connectivity index (χ0) is 19.2. The summed E-state index contributed by atoms with van der Waals surface area (Å²) in [5, 5.41) is 22.2. The van der Waals surface area contributed by atoms with Gasteiger partial charge in [0, 0.05) is 6.07 Å². The molecule has 134 valence electrons. The summed E-state index contributed by atoms with van der Waals surface area (Å²) in [4.78, 5) is 32.7. The van der Waals surface area contributed by atoms with Gasteiger partial charge < -0.3 is 4.74 Å². The predicted molar refractivity (Wildman–Crippen MR) is 92.4 cm³/mol. The van der Waals surface area contributed by atoms with E-state index in [1.165, 1.54) is 12.1 Å². The van der Waals surface area contributed by atoms with Crippen LogP contribution in [0.3, 0.4) is 0 Å². The number of carbonyl (C=O) groups is 1. The molecule has 8 nitrogen and oxygen atoms in total. The second-order valence-corrected chi connectivity index (χ2v) is 5.91. The Morgan fingerprint density at radius 3 is 2.40 bits per heavy atom. The minimum atomic E-state index is -1.05. The number of hydrogen-bond acceptors (Lipinski definition) is 6. The Labute approximate surface area is 145 Å². The Morgan fingerprint density at radius 2 is 1.92 bits per heavy atom. The molecule has 1 rings (SSSR count). The van der Waals surface area contributed by atoms with Crippen molar-refractivity contribution in [3.63, 3.8) is 0 Å². The number of allylic oxidation sites excluding steroid dienone is 2. The van der Waals surface area contributed by atoms with Crippen LogP contribution in [0, 0.1) is 20.2 Å². The van der Waals surface area contributed by atoms with Crippen LogP contribution in [-0.4, -0.2) is 21.4 Å². The van der Waals surface area contributed by atoms with Crippen molar-refractivity contribution in [3.8, 4) is 0 Å². The summed E-state index contributed by atoms with van der Waals surface area (Å²) in [7, 11) is 0. The molecule has 0 bridgehead atoms. The van der Waals surface area contributed by atoms with Gasteiger partial charge in [0.15, 0.2) is 0 Å². The molecule has 0 amide bonds. The van der Waals surface area contributed by atoms with Crippen molar-refractivity contribution in [1.82, 2.24) is 0 Å². The van der Waals surface area contributed by atoms with Crippen molar-refractivity contribution in [2.75, 3.05) is 0 Å². The summed E-state index contributed by atoms with van der Waals surface area (Å²) < 4.78 is 5.37. The van der Waals surface area contributed by atoms with E-state index in [1.807, 2.05) is 19.9 Å². The van der Waals surface area contributed by atoms with Gasteiger partial charge in [-0.1, -0.05) is 24.3 Å². The van der Waals surface area contributed by atoms with E-state index in [2.05, 4.69) is 6.58 Å². The van der Waals surface area contributed by atoms with E-state index >= 15 is 0 Å². The molecule has 0 aliphatic heterocycles. The number of para-hydroxylation sites is 1. The number of nitro benzene ring substituents is 2. The Kier molecular flexibility index (Phi) is 6.55. The lowest BCUT2D eigenvalue weighted by atomic mass is 9.99. The molecule has 0 aliphatic rings. The molecule has 1 aromatic carbocycles. The van der Waals surface area contributed by atoms with E-state index < -0.39 is 38.4 Å². The predicted octanol–water partition coefficient (Wildman–Crippen LogP) is 4.35. The van der Waals surface area contributed by atoms with Crippen LogP contribution < -0.4 is 0 Å². The maximum Gasteiger partial charge on any atom is 0.360 e. The maximum atomic E-state index is 12.4. The van der Waals surface area contributed by atoms with Crippen LogP contribution in [0.5, 0.6) is 0 Å². The Morgan fingerprint density at radius 1 is 1.28 bits per heavy atom. The van der Waals surface area contributed by atoms with Crippen LogP contribution in [0.25, 0.3) is 0 Å². The number of rotatable bonds is 8.